The number of ketones is 1. The highest BCUT2D eigenvalue weighted by Crippen LogP contribution is 1.89. The molecule has 0 aliphatic heterocycles. The maximum atomic E-state index is 10.7. The van der Waals surface area contributed by atoms with E-state index in [9.17, 15) is 9.59 Å². The molecule has 0 bridgehead atoms. The second-order valence-electron chi connectivity index (χ2n) is 2.67. The number of rotatable bonds is 8. The van der Waals surface area contributed by atoms with Gasteiger partial charge < -0.3 is 10.4 Å². The van der Waals surface area contributed by atoms with E-state index in [0.717, 1.165) is 6.42 Å². The van der Waals surface area contributed by atoms with Crippen molar-refractivity contribution in [2.75, 3.05) is 13.1 Å². The summed E-state index contributed by atoms with van der Waals surface area (Å²) >= 11 is 0. The van der Waals surface area contributed by atoms with Gasteiger partial charge in [-0.05, 0) is 19.0 Å². The van der Waals surface area contributed by atoms with Crippen LogP contribution < -0.4 is 5.32 Å². The molecule has 0 aromatic heterocycles. The van der Waals surface area contributed by atoms with Crippen LogP contribution in [-0.4, -0.2) is 29.9 Å². The summed E-state index contributed by atoms with van der Waals surface area (Å²) in [5.41, 5.74) is 0. The topological polar surface area (TPSA) is 66.4 Å². The number of carbonyl (C=O) groups is 2. The Bertz CT molecular complexity index is 189. The number of carboxylic acid groups (broad SMARTS) is 1. The van der Waals surface area contributed by atoms with Gasteiger partial charge in [-0.15, -0.1) is 0 Å². The van der Waals surface area contributed by atoms with Crippen molar-refractivity contribution in [2.24, 2.45) is 0 Å². The number of carboxylic acids is 1. The van der Waals surface area contributed by atoms with E-state index >= 15 is 0 Å². The first-order valence-electron chi connectivity index (χ1n) is 4.24. The van der Waals surface area contributed by atoms with Gasteiger partial charge in [-0.1, -0.05) is 6.58 Å². The molecular formula is C9H15NO3. The Morgan fingerprint density at radius 1 is 1.31 bits per heavy atom. The summed E-state index contributed by atoms with van der Waals surface area (Å²) in [4.78, 5) is 20.8. The van der Waals surface area contributed by atoms with Crippen LogP contribution >= 0.6 is 0 Å². The predicted molar refractivity (Wildman–Crippen MR) is 49.6 cm³/mol. The first-order valence-corrected chi connectivity index (χ1v) is 4.24. The summed E-state index contributed by atoms with van der Waals surface area (Å²) in [6.45, 7) is 4.48. The zero-order chi connectivity index (χ0) is 10.1. The van der Waals surface area contributed by atoms with E-state index in [2.05, 4.69) is 11.9 Å². The monoisotopic (exact) mass is 185 g/mol. The molecule has 0 aliphatic carbocycles. The number of aliphatic carboxylic acids is 1. The van der Waals surface area contributed by atoms with Crippen molar-refractivity contribution in [3.63, 3.8) is 0 Å². The standard InChI is InChI=1S/C9H15NO3/c1-2-8(11)4-3-6-10-7-5-9(12)13/h2,10H,1,3-7H2,(H,12,13). The lowest BCUT2D eigenvalue weighted by atomic mass is 10.2. The van der Waals surface area contributed by atoms with Gasteiger partial charge in [-0.25, -0.2) is 0 Å². The number of hydrogen-bond acceptors (Lipinski definition) is 3. The van der Waals surface area contributed by atoms with Crippen LogP contribution in [-0.2, 0) is 9.59 Å². The average molecular weight is 185 g/mol. The molecule has 0 heterocycles. The van der Waals surface area contributed by atoms with Gasteiger partial charge in [0.25, 0.3) is 0 Å². The molecule has 0 rings (SSSR count). The molecule has 0 saturated heterocycles. The van der Waals surface area contributed by atoms with Crippen molar-refractivity contribution in [1.82, 2.24) is 5.32 Å². The van der Waals surface area contributed by atoms with Crippen LogP contribution in [0.1, 0.15) is 19.3 Å². The van der Waals surface area contributed by atoms with Crippen molar-refractivity contribution in [2.45, 2.75) is 19.3 Å². The summed E-state index contributed by atoms with van der Waals surface area (Å²) in [5.74, 6) is -0.783. The van der Waals surface area contributed by atoms with Crippen molar-refractivity contribution >= 4 is 11.8 Å². The zero-order valence-electron chi connectivity index (χ0n) is 7.58. The van der Waals surface area contributed by atoms with Gasteiger partial charge in [-0.2, -0.15) is 0 Å². The number of allylic oxidation sites excluding steroid dienone is 1. The van der Waals surface area contributed by atoms with Gasteiger partial charge in [-0.3, -0.25) is 9.59 Å². The fourth-order valence-electron chi connectivity index (χ4n) is 0.810. The smallest absolute Gasteiger partial charge is 0.304 e. The molecule has 2 N–H and O–H groups in total. The molecule has 74 valence electrons. The van der Waals surface area contributed by atoms with E-state index in [1.807, 2.05) is 0 Å². The third kappa shape index (κ3) is 8.75. The van der Waals surface area contributed by atoms with E-state index < -0.39 is 5.97 Å². The van der Waals surface area contributed by atoms with E-state index in [4.69, 9.17) is 5.11 Å². The highest BCUT2D eigenvalue weighted by atomic mass is 16.4. The van der Waals surface area contributed by atoms with E-state index in [1.165, 1.54) is 6.08 Å². The minimum absolute atomic E-state index is 0.0278. The van der Waals surface area contributed by atoms with Gasteiger partial charge in [0.1, 0.15) is 0 Å². The molecule has 0 aromatic carbocycles. The molecule has 0 saturated carbocycles. The molecule has 0 aliphatic rings. The third-order valence-electron chi connectivity index (χ3n) is 1.52. The fraction of sp³-hybridized carbons (Fsp3) is 0.556. The van der Waals surface area contributed by atoms with Crippen molar-refractivity contribution in [3.05, 3.63) is 12.7 Å². The lowest BCUT2D eigenvalue weighted by Crippen LogP contribution is -2.19. The first kappa shape index (κ1) is 11.8. The summed E-state index contributed by atoms with van der Waals surface area (Å²) in [6.07, 6.45) is 2.63. The second kappa shape index (κ2) is 7.49. The lowest BCUT2D eigenvalue weighted by Gasteiger charge is -2.00. The third-order valence-corrected chi connectivity index (χ3v) is 1.52. The Kier molecular flexibility index (Phi) is 6.82. The fourth-order valence-corrected chi connectivity index (χ4v) is 0.810. The van der Waals surface area contributed by atoms with Gasteiger partial charge in [0.05, 0.1) is 6.42 Å². The van der Waals surface area contributed by atoms with Gasteiger partial charge in [0.2, 0.25) is 0 Å². The molecule has 0 aromatic rings. The van der Waals surface area contributed by atoms with Crippen molar-refractivity contribution in [3.8, 4) is 0 Å². The molecule has 13 heavy (non-hydrogen) atoms. The largest absolute Gasteiger partial charge is 0.481 e. The number of hydrogen-bond donors (Lipinski definition) is 2. The van der Waals surface area contributed by atoms with Crippen LogP contribution in [0, 0.1) is 0 Å². The Hall–Kier alpha value is -1.16. The Labute approximate surface area is 77.6 Å². The summed E-state index contributed by atoms with van der Waals surface area (Å²) < 4.78 is 0. The highest BCUT2D eigenvalue weighted by Gasteiger charge is 1.97. The maximum Gasteiger partial charge on any atom is 0.304 e. The highest BCUT2D eigenvalue weighted by molar-refractivity contribution is 5.88. The SMILES string of the molecule is C=CC(=O)CCCNCCC(=O)O. The molecule has 0 fully saturated rings. The quantitative estimate of drug-likeness (QED) is 0.429. The molecular weight excluding hydrogens is 170 g/mol. The average Bonchev–Trinajstić information content (AvgIpc) is 2.10. The number of nitrogens with one attached hydrogen (secondary N) is 1. The minimum atomic E-state index is -0.810. The molecule has 0 radical (unpaired) electrons. The molecule has 4 nitrogen and oxygen atoms in total. The van der Waals surface area contributed by atoms with Crippen LogP contribution in [0.3, 0.4) is 0 Å². The maximum absolute atomic E-state index is 10.7. The molecule has 0 atom stereocenters. The Morgan fingerprint density at radius 2 is 2.00 bits per heavy atom. The Balaban J connectivity index is 3.12. The van der Waals surface area contributed by atoms with E-state index in [1.54, 1.807) is 0 Å². The number of carbonyl (C=O) groups excluding carboxylic acids is 1. The zero-order valence-corrected chi connectivity index (χ0v) is 7.58. The minimum Gasteiger partial charge on any atom is -0.481 e. The van der Waals surface area contributed by atoms with Crippen LogP contribution in [0.25, 0.3) is 0 Å². The summed E-state index contributed by atoms with van der Waals surface area (Å²) in [6, 6.07) is 0. The van der Waals surface area contributed by atoms with Crippen LogP contribution in [0.15, 0.2) is 12.7 Å². The summed E-state index contributed by atoms with van der Waals surface area (Å²) in [7, 11) is 0. The van der Waals surface area contributed by atoms with E-state index in [0.29, 0.717) is 19.5 Å². The molecule has 0 spiro atoms. The summed E-state index contributed by atoms with van der Waals surface area (Å²) in [5, 5.41) is 11.2. The second-order valence-corrected chi connectivity index (χ2v) is 2.67. The first-order chi connectivity index (χ1) is 6.16. The van der Waals surface area contributed by atoms with Crippen molar-refractivity contribution in [1.29, 1.82) is 0 Å². The molecule has 0 unspecified atom stereocenters. The lowest BCUT2D eigenvalue weighted by molar-refractivity contribution is -0.136. The van der Waals surface area contributed by atoms with Gasteiger partial charge >= 0.3 is 5.97 Å². The van der Waals surface area contributed by atoms with Gasteiger partial charge in [0, 0.05) is 13.0 Å². The van der Waals surface area contributed by atoms with Gasteiger partial charge in [0.15, 0.2) is 5.78 Å². The van der Waals surface area contributed by atoms with Crippen LogP contribution in [0.5, 0.6) is 0 Å². The normalized spacial score (nSPS) is 9.54. The van der Waals surface area contributed by atoms with Crippen LogP contribution in [0.2, 0.25) is 0 Å². The van der Waals surface area contributed by atoms with Crippen molar-refractivity contribution < 1.29 is 14.7 Å². The predicted octanol–water partition coefficient (Wildman–Crippen LogP) is 0.586. The molecule has 4 heteroatoms. The van der Waals surface area contributed by atoms with Crippen LogP contribution in [0.4, 0.5) is 0 Å². The molecule has 0 amide bonds. The van der Waals surface area contributed by atoms with E-state index in [-0.39, 0.29) is 12.2 Å². The Morgan fingerprint density at radius 3 is 2.54 bits per heavy atom.